The maximum atomic E-state index is 13.2. The van der Waals surface area contributed by atoms with Gasteiger partial charge in [-0.15, -0.1) is 0 Å². The molecule has 0 amide bonds. The smallest absolute Gasteiger partial charge is 0.159 e. The number of aliphatic hydroxyl groups excluding tert-OH is 3. The zero-order valence-corrected chi connectivity index (χ0v) is 20.7. The lowest BCUT2D eigenvalue weighted by molar-refractivity contribution is -0.140. The van der Waals surface area contributed by atoms with Crippen LogP contribution in [0.5, 0.6) is 0 Å². The number of rotatable bonds is 5. The molecule has 0 heterocycles. The molecule has 6 heteroatoms. The van der Waals surface area contributed by atoms with E-state index in [0.717, 1.165) is 24.0 Å². The highest BCUT2D eigenvalue weighted by Crippen LogP contribution is 2.65. The summed E-state index contributed by atoms with van der Waals surface area (Å²) in [6.07, 6.45) is 5.02. The molecule has 33 heavy (non-hydrogen) atoms. The van der Waals surface area contributed by atoms with E-state index in [4.69, 9.17) is 0 Å². The Morgan fingerprint density at radius 1 is 1.09 bits per heavy atom. The van der Waals surface area contributed by atoms with Crippen molar-refractivity contribution in [1.29, 1.82) is 0 Å². The normalized spacial score (nSPS) is 43.6. The molecule has 4 rings (SSSR count). The average Bonchev–Trinajstić information content (AvgIpc) is 3.06. The second-order valence-electron chi connectivity index (χ2n) is 12.6. The van der Waals surface area contributed by atoms with E-state index in [2.05, 4.69) is 19.9 Å². The van der Waals surface area contributed by atoms with E-state index in [-0.39, 0.29) is 29.0 Å². The standard InChI is InChI=1S/C27H42O6/c1-24(2,32)10-9-23(31)27(5,33)17-8-11-25(3)15(17)6-7-16-18(25)12-20(28)19-13-21(29)22(30)14-26(16,19)4/h6,12,16-17,19,21-23,29-33H,7-11,13-14H2,1-5H3. The fourth-order valence-electron chi connectivity index (χ4n) is 7.53. The van der Waals surface area contributed by atoms with Gasteiger partial charge in [0, 0.05) is 17.3 Å². The maximum Gasteiger partial charge on any atom is 0.159 e. The topological polar surface area (TPSA) is 118 Å². The van der Waals surface area contributed by atoms with Crippen molar-refractivity contribution in [3.05, 3.63) is 23.3 Å². The Kier molecular flexibility index (Phi) is 6.07. The van der Waals surface area contributed by atoms with E-state index in [0.29, 0.717) is 32.1 Å². The summed E-state index contributed by atoms with van der Waals surface area (Å²) < 4.78 is 0. The second-order valence-corrected chi connectivity index (χ2v) is 12.6. The molecule has 0 aromatic heterocycles. The number of hydrogen-bond donors (Lipinski definition) is 5. The molecule has 186 valence electrons. The summed E-state index contributed by atoms with van der Waals surface area (Å²) in [5.41, 5.74) is -0.815. The Balaban J connectivity index is 1.64. The molecule has 0 spiro atoms. The molecule has 6 nitrogen and oxygen atoms in total. The number of ketones is 1. The molecule has 2 saturated carbocycles. The first kappa shape index (κ1) is 25.1. The van der Waals surface area contributed by atoms with Gasteiger partial charge >= 0.3 is 0 Å². The van der Waals surface area contributed by atoms with Crippen LogP contribution in [0.4, 0.5) is 0 Å². The highest BCUT2D eigenvalue weighted by Gasteiger charge is 2.60. The van der Waals surface area contributed by atoms with Gasteiger partial charge in [-0.3, -0.25) is 4.79 Å². The third-order valence-corrected chi connectivity index (χ3v) is 9.74. The minimum Gasteiger partial charge on any atom is -0.390 e. The van der Waals surface area contributed by atoms with Crippen molar-refractivity contribution in [1.82, 2.24) is 0 Å². The predicted octanol–water partition coefficient (Wildman–Crippen LogP) is 2.66. The van der Waals surface area contributed by atoms with E-state index in [1.807, 2.05) is 0 Å². The van der Waals surface area contributed by atoms with Crippen molar-refractivity contribution in [2.75, 3.05) is 0 Å². The first-order valence-corrected chi connectivity index (χ1v) is 12.6. The minimum atomic E-state index is -1.33. The number of fused-ring (bicyclic) bond motifs is 5. The monoisotopic (exact) mass is 462 g/mol. The van der Waals surface area contributed by atoms with Crippen LogP contribution >= 0.6 is 0 Å². The Morgan fingerprint density at radius 2 is 1.76 bits per heavy atom. The lowest BCUT2D eigenvalue weighted by Crippen LogP contribution is -2.55. The average molecular weight is 463 g/mol. The van der Waals surface area contributed by atoms with Crippen molar-refractivity contribution >= 4 is 5.78 Å². The van der Waals surface area contributed by atoms with Crippen LogP contribution in [0.25, 0.3) is 0 Å². The molecule has 5 N–H and O–H groups in total. The number of allylic oxidation sites excluding steroid dienone is 3. The number of carbonyl (C=O) groups excluding carboxylic acids is 1. The highest BCUT2D eigenvalue weighted by molar-refractivity contribution is 5.95. The Labute approximate surface area is 197 Å². The van der Waals surface area contributed by atoms with Crippen molar-refractivity contribution in [2.45, 2.75) is 109 Å². The molecular weight excluding hydrogens is 420 g/mol. The zero-order chi connectivity index (χ0) is 24.6. The molecule has 0 aliphatic heterocycles. The van der Waals surface area contributed by atoms with Crippen LogP contribution in [0.3, 0.4) is 0 Å². The van der Waals surface area contributed by atoms with Crippen LogP contribution in [0.1, 0.15) is 79.6 Å². The zero-order valence-electron chi connectivity index (χ0n) is 20.7. The van der Waals surface area contributed by atoms with Crippen LogP contribution in [0, 0.1) is 28.6 Å². The molecule has 0 aromatic rings. The molecular formula is C27H42O6. The Hall–Kier alpha value is -1.05. The lowest BCUT2D eigenvalue weighted by Gasteiger charge is -2.56. The van der Waals surface area contributed by atoms with Gasteiger partial charge in [0.1, 0.15) is 0 Å². The third-order valence-electron chi connectivity index (χ3n) is 9.74. The summed E-state index contributed by atoms with van der Waals surface area (Å²) in [6, 6.07) is 0. The minimum absolute atomic E-state index is 0.0394. The second kappa shape index (κ2) is 7.99. The van der Waals surface area contributed by atoms with Gasteiger partial charge < -0.3 is 25.5 Å². The van der Waals surface area contributed by atoms with Gasteiger partial charge in [-0.2, -0.15) is 0 Å². The summed E-state index contributed by atoms with van der Waals surface area (Å²) in [7, 11) is 0. The molecule has 9 atom stereocenters. The van der Waals surface area contributed by atoms with Gasteiger partial charge in [-0.05, 0) is 83.1 Å². The Bertz CT molecular complexity index is 866. The summed E-state index contributed by atoms with van der Waals surface area (Å²) in [5, 5.41) is 53.1. The molecule has 4 aliphatic carbocycles. The van der Waals surface area contributed by atoms with E-state index in [1.165, 1.54) is 0 Å². The molecule has 4 aliphatic rings. The van der Waals surface area contributed by atoms with E-state index in [1.54, 1.807) is 26.8 Å². The summed E-state index contributed by atoms with van der Waals surface area (Å²) >= 11 is 0. The first-order valence-electron chi connectivity index (χ1n) is 12.6. The van der Waals surface area contributed by atoms with E-state index in [9.17, 15) is 30.3 Å². The van der Waals surface area contributed by atoms with E-state index < -0.39 is 34.9 Å². The SMILES string of the molecule is CC(C)(O)CCC(O)C(C)(O)C1CCC2(C)C1=CCC1C2=CC(=O)C2CC(O)C(O)CC21C. The molecule has 0 saturated heterocycles. The molecule has 0 radical (unpaired) electrons. The van der Waals surface area contributed by atoms with Crippen LogP contribution in [-0.2, 0) is 4.79 Å². The summed E-state index contributed by atoms with van der Waals surface area (Å²) in [5.74, 6) is -0.356. The van der Waals surface area contributed by atoms with Crippen molar-refractivity contribution in [3.63, 3.8) is 0 Å². The van der Waals surface area contributed by atoms with Crippen molar-refractivity contribution < 1.29 is 30.3 Å². The summed E-state index contributed by atoms with van der Waals surface area (Å²) in [6.45, 7) is 9.34. The first-order chi connectivity index (χ1) is 15.1. The largest absolute Gasteiger partial charge is 0.390 e. The highest BCUT2D eigenvalue weighted by atomic mass is 16.3. The fraction of sp³-hybridized carbons (Fsp3) is 0.815. The molecule has 0 aromatic carbocycles. The van der Waals surface area contributed by atoms with Crippen LogP contribution in [0.15, 0.2) is 23.3 Å². The summed E-state index contributed by atoms with van der Waals surface area (Å²) in [4.78, 5) is 13.2. The van der Waals surface area contributed by atoms with Crippen molar-refractivity contribution in [2.24, 2.45) is 28.6 Å². The van der Waals surface area contributed by atoms with Gasteiger partial charge in [-0.25, -0.2) is 0 Å². The molecule has 9 unspecified atom stereocenters. The van der Waals surface area contributed by atoms with Crippen LogP contribution in [-0.4, -0.2) is 60.8 Å². The van der Waals surface area contributed by atoms with Gasteiger partial charge in [-0.1, -0.05) is 31.1 Å². The lowest BCUT2D eigenvalue weighted by atomic mass is 9.48. The number of aliphatic hydroxyl groups is 5. The molecule has 2 fully saturated rings. The van der Waals surface area contributed by atoms with Crippen molar-refractivity contribution in [3.8, 4) is 0 Å². The predicted molar refractivity (Wildman–Crippen MR) is 125 cm³/mol. The van der Waals surface area contributed by atoms with Gasteiger partial charge in [0.25, 0.3) is 0 Å². The number of hydrogen-bond acceptors (Lipinski definition) is 6. The van der Waals surface area contributed by atoms with Crippen LogP contribution < -0.4 is 0 Å². The maximum absolute atomic E-state index is 13.2. The third kappa shape index (κ3) is 3.96. The quantitative estimate of drug-likeness (QED) is 0.401. The fourth-order valence-corrected chi connectivity index (χ4v) is 7.53. The van der Waals surface area contributed by atoms with Gasteiger partial charge in [0.15, 0.2) is 5.78 Å². The van der Waals surface area contributed by atoms with E-state index >= 15 is 0 Å². The van der Waals surface area contributed by atoms with Gasteiger partial charge in [0.05, 0.1) is 29.5 Å². The Morgan fingerprint density at radius 3 is 2.39 bits per heavy atom. The van der Waals surface area contributed by atoms with Crippen LogP contribution in [0.2, 0.25) is 0 Å². The van der Waals surface area contributed by atoms with Gasteiger partial charge in [0.2, 0.25) is 0 Å². The molecule has 0 bridgehead atoms. The number of carbonyl (C=O) groups is 1.